The van der Waals surface area contributed by atoms with Crippen LogP contribution >= 0.6 is 15.9 Å². The lowest BCUT2D eigenvalue weighted by Gasteiger charge is -2.30. The highest BCUT2D eigenvalue weighted by Gasteiger charge is 2.27. The first kappa shape index (κ1) is 18.5. The molecule has 0 aromatic heterocycles. The summed E-state index contributed by atoms with van der Waals surface area (Å²) in [6.07, 6.45) is 3.58. The van der Waals surface area contributed by atoms with Gasteiger partial charge in [0.25, 0.3) is 0 Å². The number of hydrogen-bond donors (Lipinski definition) is 0. The molecule has 1 nitrogen and oxygen atoms in total. The van der Waals surface area contributed by atoms with Crippen molar-refractivity contribution in [3.05, 3.63) is 27.7 Å². The molecule has 0 aliphatic heterocycles. The summed E-state index contributed by atoms with van der Waals surface area (Å²) in [6, 6.07) is 4.43. The molecule has 0 saturated heterocycles. The molecule has 0 amide bonds. The molecule has 1 aromatic rings. The van der Waals surface area contributed by atoms with Crippen molar-refractivity contribution >= 4 is 15.9 Å². The Morgan fingerprint density at radius 3 is 1.76 bits per heavy atom. The second-order valence-corrected chi connectivity index (χ2v) is 8.80. The molecule has 0 aliphatic carbocycles. The van der Waals surface area contributed by atoms with E-state index in [9.17, 15) is 0 Å². The Morgan fingerprint density at radius 2 is 1.38 bits per heavy atom. The van der Waals surface area contributed by atoms with Gasteiger partial charge in [-0.2, -0.15) is 0 Å². The van der Waals surface area contributed by atoms with Gasteiger partial charge in [-0.1, -0.05) is 77.2 Å². The highest BCUT2D eigenvalue weighted by atomic mass is 79.9. The summed E-state index contributed by atoms with van der Waals surface area (Å²) >= 11 is 3.67. The third kappa shape index (κ3) is 5.32. The van der Waals surface area contributed by atoms with Gasteiger partial charge in [0.15, 0.2) is 0 Å². The van der Waals surface area contributed by atoms with Crippen LogP contribution in [0.5, 0.6) is 5.75 Å². The van der Waals surface area contributed by atoms with Crippen molar-refractivity contribution in [2.24, 2.45) is 0 Å². The fraction of sp³-hybridized carbons (Fsp3) is 0.684. The molecule has 120 valence electrons. The molecule has 21 heavy (non-hydrogen) atoms. The van der Waals surface area contributed by atoms with E-state index in [1.165, 1.54) is 24.0 Å². The van der Waals surface area contributed by atoms with E-state index >= 15 is 0 Å². The fourth-order valence-corrected chi connectivity index (χ4v) is 2.85. The van der Waals surface area contributed by atoms with E-state index in [0.29, 0.717) is 0 Å². The molecule has 0 atom stereocenters. The summed E-state index contributed by atoms with van der Waals surface area (Å²) in [5, 5.41) is 0. The summed E-state index contributed by atoms with van der Waals surface area (Å²) in [4.78, 5) is 0. The second-order valence-electron chi connectivity index (χ2n) is 7.89. The number of ether oxygens (including phenoxy) is 1. The Morgan fingerprint density at radius 1 is 0.905 bits per heavy atom. The molecular weight excluding hydrogens is 324 g/mol. The molecule has 0 fully saturated rings. The smallest absolute Gasteiger partial charge is 0.126 e. The lowest BCUT2D eigenvalue weighted by Crippen LogP contribution is -2.20. The minimum atomic E-state index is 0.0733. The average molecular weight is 355 g/mol. The van der Waals surface area contributed by atoms with E-state index in [1.54, 1.807) is 0 Å². The van der Waals surface area contributed by atoms with E-state index in [1.807, 2.05) is 0 Å². The van der Waals surface area contributed by atoms with Crippen molar-refractivity contribution < 1.29 is 4.74 Å². The zero-order valence-corrected chi connectivity index (χ0v) is 16.4. The second kappa shape index (κ2) is 7.17. The van der Waals surface area contributed by atoms with Gasteiger partial charge in [0.2, 0.25) is 0 Å². The SMILES string of the molecule is CCCCCOc1c(C(C)(C)C)cc(Br)cc1C(C)(C)C. The maximum Gasteiger partial charge on any atom is 0.126 e. The fourth-order valence-electron chi connectivity index (χ4n) is 2.39. The minimum absolute atomic E-state index is 0.0733. The first-order chi connectivity index (χ1) is 9.57. The lowest BCUT2D eigenvalue weighted by molar-refractivity contribution is 0.290. The van der Waals surface area contributed by atoms with E-state index < -0.39 is 0 Å². The van der Waals surface area contributed by atoms with Crippen LogP contribution in [0.3, 0.4) is 0 Å². The van der Waals surface area contributed by atoms with Gasteiger partial charge in [0.1, 0.15) is 5.75 Å². The number of unbranched alkanes of at least 4 members (excludes halogenated alkanes) is 2. The van der Waals surface area contributed by atoms with E-state index in [-0.39, 0.29) is 10.8 Å². The zero-order valence-electron chi connectivity index (χ0n) is 14.8. The van der Waals surface area contributed by atoms with Crippen molar-refractivity contribution in [2.45, 2.75) is 78.6 Å². The van der Waals surface area contributed by atoms with Gasteiger partial charge in [-0.25, -0.2) is 0 Å². The number of benzene rings is 1. The monoisotopic (exact) mass is 354 g/mol. The van der Waals surface area contributed by atoms with Gasteiger partial charge in [-0.3, -0.25) is 0 Å². The Bertz CT molecular complexity index is 428. The Hall–Kier alpha value is -0.500. The van der Waals surface area contributed by atoms with Crippen LogP contribution < -0.4 is 4.74 Å². The average Bonchev–Trinajstić information content (AvgIpc) is 2.33. The number of rotatable bonds is 5. The molecule has 0 spiro atoms. The van der Waals surface area contributed by atoms with Gasteiger partial charge < -0.3 is 4.74 Å². The minimum Gasteiger partial charge on any atom is -0.493 e. The number of halogens is 1. The standard InChI is InChI=1S/C19H31BrO/c1-8-9-10-11-21-17-15(18(2,3)4)12-14(20)13-16(17)19(5,6)7/h12-13H,8-11H2,1-7H3. The van der Waals surface area contributed by atoms with Gasteiger partial charge >= 0.3 is 0 Å². The molecule has 0 N–H and O–H groups in total. The Labute approximate surface area is 139 Å². The normalized spacial score (nSPS) is 12.6. The first-order valence-electron chi connectivity index (χ1n) is 8.04. The Balaban J connectivity index is 3.26. The molecule has 1 aromatic carbocycles. The van der Waals surface area contributed by atoms with Gasteiger partial charge in [0, 0.05) is 15.6 Å². The highest BCUT2D eigenvalue weighted by molar-refractivity contribution is 9.10. The predicted molar refractivity (Wildman–Crippen MR) is 96.6 cm³/mol. The number of hydrogen-bond acceptors (Lipinski definition) is 1. The summed E-state index contributed by atoms with van der Waals surface area (Å²) in [5.41, 5.74) is 2.73. The van der Waals surface area contributed by atoms with Crippen molar-refractivity contribution in [3.63, 3.8) is 0 Å². The van der Waals surface area contributed by atoms with Gasteiger partial charge in [0.05, 0.1) is 6.61 Å². The van der Waals surface area contributed by atoms with Crippen molar-refractivity contribution in [3.8, 4) is 5.75 Å². The van der Waals surface area contributed by atoms with Crippen LogP contribution in [0.4, 0.5) is 0 Å². The maximum absolute atomic E-state index is 6.26. The van der Waals surface area contributed by atoms with Crippen LogP contribution in [0.25, 0.3) is 0 Å². The lowest BCUT2D eigenvalue weighted by atomic mass is 9.79. The van der Waals surface area contributed by atoms with E-state index in [4.69, 9.17) is 4.74 Å². The van der Waals surface area contributed by atoms with Gasteiger partial charge in [-0.15, -0.1) is 0 Å². The third-order valence-electron chi connectivity index (χ3n) is 3.66. The molecule has 0 heterocycles. The van der Waals surface area contributed by atoms with Crippen molar-refractivity contribution in [1.82, 2.24) is 0 Å². The Kier molecular flexibility index (Phi) is 6.34. The summed E-state index contributed by atoms with van der Waals surface area (Å²) in [7, 11) is 0. The predicted octanol–water partition coefficient (Wildman–Crippen LogP) is 6.61. The molecule has 0 saturated carbocycles. The summed E-state index contributed by atoms with van der Waals surface area (Å²) in [6.45, 7) is 16.5. The third-order valence-corrected chi connectivity index (χ3v) is 4.12. The van der Waals surface area contributed by atoms with Crippen LogP contribution in [0.2, 0.25) is 0 Å². The molecule has 0 aliphatic rings. The van der Waals surface area contributed by atoms with Crippen LogP contribution in [0.1, 0.15) is 78.9 Å². The van der Waals surface area contributed by atoms with E-state index in [2.05, 4.69) is 76.5 Å². The molecule has 2 heteroatoms. The quantitative estimate of drug-likeness (QED) is 0.540. The molecule has 0 radical (unpaired) electrons. The van der Waals surface area contributed by atoms with Crippen molar-refractivity contribution in [1.29, 1.82) is 0 Å². The molecule has 0 bridgehead atoms. The molecule has 0 unspecified atom stereocenters. The highest BCUT2D eigenvalue weighted by Crippen LogP contribution is 2.41. The first-order valence-corrected chi connectivity index (χ1v) is 8.84. The van der Waals surface area contributed by atoms with Crippen molar-refractivity contribution in [2.75, 3.05) is 6.61 Å². The van der Waals surface area contributed by atoms with E-state index in [0.717, 1.165) is 23.2 Å². The van der Waals surface area contributed by atoms with Crippen LogP contribution in [0.15, 0.2) is 16.6 Å². The summed E-state index contributed by atoms with van der Waals surface area (Å²) in [5.74, 6) is 1.09. The largest absolute Gasteiger partial charge is 0.493 e. The van der Waals surface area contributed by atoms with Gasteiger partial charge in [-0.05, 0) is 29.4 Å². The van der Waals surface area contributed by atoms with Crippen LogP contribution in [0, 0.1) is 0 Å². The van der Waals surface area contributed by atoms with Crippen LogP contribution in [-0.4, -0.2) is 6.61 Å². The zero-order chi connectivity index (χ0) is 16.3. The molecule has 1 rings (SSSR count). The maximum atomic E-state index is 6.26. The molecular formula is C19H31BrO. The van der Waals surface area contributed by atoms with Crippen LogP contribution in [-0.2, 0) is 10.8 Å². The summed E-state index contributed by atoms with van der Waals surface area (Å²) < 4.78 is 7.39. The topological polar surface area (TPSA) is 9.23 Å².